The van der Waals surface area contributed by atoms with Crippen LogP contribution < -0.4 is 0 Å². The van der Waals surface area contributed by atoms with Crippen LogP contribution in [-0.4, -0.2) is 0 Å². The number of hydrogen-bond donors (Lipinski definition) is 0. The Labute approximate surface area is 282 Å². The van der Waals surface area contributed by atoms with Gasteiger partial charge >= 0.3 is 0 Å². The first kappa shape index (κ1) is 9.54. The van der Waals surface area contributed by atoms with E-state index in [1.807, 2.05) is 0 Å². The maximum Gasteiger partial charge on any atom is 0.0629 e. The zero-order valence-electron chi connectivity index (χ0n) is 47.2. The van der Waals surface area contributed by atoms with Gasteiger partial charge < -0.3 is 0 Å². The molecule has 42 heavy (non-hydrogen) atoms. The monoisotopic (exact) mass is 558 g/mol. The quantitative estimate of drug-likeness (QED) is 0.188. The van der Waals surface area contributed by atoms with Crippen molar-refractivity contribution in [3.8, 4) is 44.5 Å². The van der Waals surface area contributed by atoms with Gasteiger partial charge in [0, 0.05) is 0 Å². The minimum absolute atomic E-state index is 0.415. The maximum atomic E-state index is 9.44. The molecule has 0 bridgehead atoms. The van der Waals surface area contributed by atoms with Gasteiger partial charge in [-0.3, -0.25) is 0 Å². The van der Waals surface area contributed by atoms with E-state index < -0.39 is 234 Å². The summed E-state index contributed by atoms with van der Waals surface area (Å²) in [5.74, 6) is 0. The molecule has 8 rings (SSSR count). The van der Waals surface area contributed by atoms with Crippen molar-refractivity contribution < 1.29 is 35.6 Å². The zero-order valence-corrected chi connectivity index (χ0v) is 21.2. The standard InChI is InChI=1S/C42H28/c1-2-13-29(14-3-1)30-25-27-32(28-26-30)34-18-6-7-19-35(34)41-37-20-8-10-22-39(37)42(40-23-11-9-21-38(40)41)36-24-12-16-31-15-4-5-17-33(31)36/h1-28H/i1D,2D,4D,5D,6D,7D,8D,9D,10D,11D,12D,13D,14D,15D,16D,17D,18D,19D,20D,21D,22D,23D,24D,25D,27D,28D. The lowest BCUT2D eigenvalue weighted by Gasteiger charge is -2.20. The molecule has 0 aromatic heterocycles. The maximum absolute atomic E-state index is 9.44. The highest BCUT2D eigenvalue weighted by atomic mass is 14.2. The highest BCUT2D eigenvalue weighted by Crippen LogP contribution is 2.47. The molecule has 0 saturated carbocycles. The lowest BCUT2D eigenvalue weighted by atomic mass is 9.83. The highest BCUT2D eigenvalue weighted by molar-refractivity contribution is 6.24. The van der Waals surface area contributed by atoms with Gasteiger partial charge in [0.15, 0.2) is 0 Å². The summed E-state index contributed by atoms with van der Waals surface area (Å²) in [5, 5.41) is -4.22. The van der Waals surface area contributed by atoms with E-state index in [4.69, 9.17) is 23.3 Å². The van der Waals surface area contributed by atoms with E-state index in [9.17, 15) is 12.3 Å². The van der Waals surface area contributed by atoms with Gasteiger partial charge in [0.05, 0.1) is 35.6 Å². The van der Waals surface area contributed by atoms with Crippen molar-refractivity contribution >= 4 is 32.3 Å². The van der Waals surface area contributed by atoms with E-state index in [0.29, 0.717) is 0 Å². The minimum atomic E-state index is -1.04. The van der Waals surface area contributed by atoms with E-state index in [-0.39, 0.29) is 0 Å². The van der Waals surface area contributed by atoms with E-state index >= 15 is 0 Å². The Hall–Kier alpha value is -5.46. The van der Waals surface area contributed by atoms with Crippen LogP contribution in [0.4, 0.5) is 0 Å². The summed E-state index contributed by atoms with van der Waals surface area (Å²) in [7, 11) is 0. The molecule has 196 valence electrons. The van der Waals surface area contributed by atoms with Gasteiger partial charge in [-0.15, -0.1) is 0 Å². The summed E-state index contributed by atoms with van der Waals surface area (Å²) in [6.07, 6.45) is 0. The second-order valence-corrected chi connectivity index (χ2v) is 8.89. The molecule has 0 heteroatoms. The minimum Gasteiger partial charge on any atom is -0.0622 e. The normalized spacial score (nSPS) is 20.0. The van der Waals surface area contributed by atoms with Gasteiger partial charge in [0.25, 0.3) is 0 Å². The molecule has 0 N–H and O–H groups in total. The average Bonchev–Trinajstić information content (AvgIpc) is 3.30. The van der Waals surface area contributed by atoms with Crippen molar-refractivity contribution in [2.75, 3.05) is 0 Å². The van der Waals surface area contributed by atoms with Crippen molar-refractivity contribution in [1.82, 2.24) is 0 Å². The van der Waals surface area contributed by atoms with Crippen LogP contribution in [0.25, 0.3) is 76.8 Å². The van der Waals surface area contributed by atoms with Crippen LogP contribution in [0.5, 0.6) is 0 Å². The van der Waals surface area contributed by atoms with E-state index in [0.717, 1.165) is 12.1 Å². The molecule has 8 aromatic carbocycles. The summed E-state index contributed by atoms with van der Waals surface area (Å²) in [6.45, 7) is 0. The Balaban J connectivity index is 1.73. The summed E-state index contributed by atoms with van der Waals surface area (Å²) in [5.41, 5.74) is -5.31. The van der Waals surface area contributed by atoms with Crippen LogP contribution >= 0.6 is 0 Å². The first-order valence-corrected chi connectivity index (χ1v) is 12.4. The van der Waals surface area contributed by atoms with Crippen LogP contribution in [0, 0.1) is 0 Å². The molecule has 0 amide bonds. The molecule has 0 saturated heterocycles. The Bertz CT molecular complexity index is 3600. The summed E-state index contributed by atoms with van der Waals surface area (Å²) < 4.78 is 232. The number of hydrogen-bond acceptors (Lipinski definition) is 0. The molecule has 0 nitrogen and oxygen atoms in total. The topological polar surface area (TPSA) is 0 Å². The predicted molar refractivity (Wildman–Crippen MR) is 181 cm³/mol. The first-order valence-electron chi connectivity index (χ1n) is 25.4. The van der Waals surface area contributed by atoms with Gasteiger partial charge in [-0.1, -0.05) is 169 Å². The molecule has 8 aromatic rings. The molecular weight excluding hydrogens is 504 g/mol. The van der Waals surface area contributed by atoms with Crippen molar-refractivity contribution in [2.24, 2.45) is 0 Å². The van der Waals surface area contributed by atoms with E-state index in [1.54, 1.807) is 0 Å². The third-order valence-electron chi connectivity index (χ3n) is 6.63. The Morgan fingerprint density at radius 2 is 0.833 bits per heavy atom. The Kier molecular flexibility index (Phi) is 2.31. The lowest BCUT2D eigenvalue weighted by Crippen LogP contribution is -1.93. The van der Waals surface area contributed by atoms with Crippen LogP contribution in [-0.2, 0) is 0 Å². The third kappa shape index (κ3) is 4.00. The highest BCUT2D eigenvalue weighted by Gasteiger charge is 2.19. The SMILES string of the molecule is [2H]c1cc([2H])c(-c2cc([2H])c(-c3c([2H])c([2H])c([2H])c([2H])c3-c3c4c([2H])c([2H])c([2H])c([2H])c4c(-c4c([2H])c([2H])c([2H])c5c([2H])c([2H])c([2H])c([2H])c45)c4c([2H])c([2H])c([2H])c([2H])c34)c([2H])c2[2H])c([2H])c1[2H]. The second-order valence-electron chi connectivity index (χ2n) is 8.89. The van der Waals surface area contributed by atoms with Crippen LogP contribution in [0.3, 0.4) is 0 Å². The summed E-state index contributed by atoms with van der Waals surface area (Å²) in [4.78, 5) is 0. The van der Waals surface area contributed by atoms with Crippen molar-refractivity contribution in [3.05, 3.63) is 169 Å². The first-order chi connectivity index (χ1) is 31.6. The number of benzene rings is 8. The summed E-state index contributed by atoms with van der Waals surface area (Å²) in [6, 6.07) is -21.4. The third-order valence-corrected chi connectivity index (χ3v) is 6.63. The van der Waals surface area contributed by atoms with Gasteiger partial charge in [-0.05, 0) is 76.8 Å². The van der Waals surface area contributed by atoms with E-state index in [2.05, 4.69) is 0 Å². The molecule has 0 aliphatic carbocycles. The van der Waals surface area contributed by atoms with Gasteiger partial charge in [-0.25, -0.2) is 0 Å². The molecule has 0 heterocycles. The smallest absolute Gasteiger partial charge is 0.0622 e. The van der Waals surface area contributed by atoms with E-state index in [1.165, 1.54) is 0 Å². The average molecular weight is 559 g/mol. The molecule has 0 fully saturated rings. The lowest BCUT2D eigenvalue weighted by molar-refractivity contribution is 1.58. The molecule has 0 radical (unpaired) electrons. The fourth-order valence-electron chi connectivity index (χ4n) is 4.85. The molecule has 0 spiro atoms. The van der Waals surface area contributed by atoms with Crippen LogP contribution in [0.2, 0.25) is 0 Å². The largest absolute Gasteiger partial charge is 0.0629 e. The van der Waals surface area contributed by atoms with Gasteiger partial charge in [0.1, 0.15) is 0 Å². The van der Waals surface area contributed by atoms with Crippen LogP contribution in [0.15, 0.2) is 169 Å². The van der Waals surface area contributed by atoms with Crippen molar-refractivity contribution in [2.45, 2.75) is 0 Å². The fraction of sp³-hybridized carbons (Fsp3) is 0. The van der Waals surface area contributed by atoms with Crippen molar-refractivity contribution in [1.29, 1.82) is 0 Å². The van der Waals surface area contributed by atoms with Crippen LogP contribution in [0.1, 0.15) is 35.6 Å². The molecule has 0 unspecified atom stereocenters. The fourth-order valence-corrected chi connectivity index (χ4v) is 4.85. The Morgan fingerprint density at radius 1 is 0.310 bits per heavy atom. The summed E-state index contributed by atoms with van der Waals surface area (Å²) >= 11 is 0. The number of fused-ring (bicyclic) bond motifs is 3. The second kappa shape index (κ2) is 10.2. The molecule has 0 atom stereocenters. The Morgan fingerprint density at radius 3 is 1.57 bits per heavy atom. The molecular formula is C42H28. The van der Waals surface area contributed by atoms with Gasteiger partial charge in [-0.2, -0.15) is 0 Å². The number of rotatable bonds is 4. The molecule has 0 aliphatic rings. The molecule has 0 aliphatic heterocycles. The van der Waals surface area contributed by atoms with Gasteiger partial charge in [0.2, 0.25) is 0 Å². The zero-order chi connectivity index (χ0) is 50.5. The van der Waals surface area contributed by atoms with Crippen molar-refractivity contribution in [3.63, 3.8) is 0 Å². The predicted octanol–water partition coefficient (Wildman–Crippen LogP) is 11.8.